The maximum Gasteiger partial charge on any atom is 0.446 e. The molecule has 0 atom stereocenters. The number of alkyl halides is 5. The van der Waals surface area contributed by atoms with Gasteiger partial charge in [0.25, 0.3) is 0 Å². The third-order valence-electron chi connectivity index (χ3n) is 2.11. The second-order valence-electron chi connectivity index (χ2n) is 3.52. The number of nitrogens with zero attached hydrogens (tertiary/aromatic N) is 1. The molecule has 0 spiro atoms. The van der Waals surface area contributed by atoms with Crippen LogP contribution in [0.5, 0.6) is 5.75 Å². The molecule has 0 radical (unpaired) electrons. The molecule has 1 rings (SSSR count). The highest BCUT2D eigenvalue weighted by molar-refractivity contribution is 8.00. The minimum absolute atomic E-state index is 0.528. The molecule has 0 unspecified atom stereocenters. The van der Waals surface area contributed by atoms with Crippen molar-refractivity contribution in [1.82, 2.24) is 0 Å². The lowest BCUT2D eigenvalue weighted by molar-refractivity contribution is -0.136. The zero-order valence-corrected chi connectivity index (χ0v) is 10.8. The van der Waals surface area contributed by atoms with Crippen molar-refractivity contribution >= 4 is 17.7 Å². The minimum atomic E-state index is -4.71. The van der Waals surface area contributed by atoms with Crippen LogP contribution in [0.25, 0.3) is 0 Å². The monoisotopic (exact) mass is 327 g/mol. The first-order chi connectivity index (χ1) is 9.64. The van der Waals surface area contributed by atoms with Gasteiger partial charge in [0.2, 0.25) is 0 Å². The molecule has 0 aromatic heterocycles. The number of benzene rings is 1. The molecular weight excluding hydrogens is 321 g/mol. The van der Waals surface area contributed by atoms with Gasteiger partial charge in [-0.05, 0) is 23.9 Å². The third-order valence-corrected chi connectivity index (χ3v) is 2.90. The first-order valence-electron chi connectivity index (χ1n) is 5.12. The van der Waals surface area contributed by atoms with Crippen LogP contribution in [0.1, 0.15) is 11.1 Å². The molecule has 0 heterocycles. The molecule has 1 aromatic carbocycles. The summed E-state index contributed by atoms with van der Waals surface area (Å²) in [5, 5.41) is 17.6. The largest absolute Gasteiger partial charge is 0.481 e. The van der Waals surface area contributed by atoms with Crippen LogP contribution in [0.4, 0.5) is 22.0 Å². The van der Waals surface area contributed by atoms with Crippen molar-refractivity contribution in [2.45, 2.75) is 23.4 Å². The summed E-state index contributed by atoms with van der Waals surface area (Å²) in [4.78, 5) is 10.1. The van der Waals surface area contributed by atoms with Crippen molar-refractivity contribution in [2.75, 3.05) is 0 Å². The van der Waals surface area contributed by atoms with Crippen molar-refractivity contribution in [3.05, 3.63) is 23.3 Å². The van der Waals surface area contributed by atoms with E-state index in [1.54, 1.807) is 0 Å². The maximum atomic E-state index is 12.3. The molecule has 0 saturated carbocycles. The van der Waals surface area contributed by atoms with E-state index in [-0.39, 0.29) is 0 Å². The highest BCUT2D eigenvalue weighted by Gasteiger charge is 2.32. The number of carboxylic acid groups (broad SMARTS) is 1. The summed E-state index contributed by atoms with van der Waals surface area (Å²) in [7, 11) is 0. The molecule has 1 N–H and O–H groups in total. The number of ether oxygens (including phenoxy) is 1. The van der Waals surface area contributed by atoms with Crippen LogP contribution in [0.3, 0.4) is 0 Å². The Hall–Kier alpha value is -2.02. The zero-order valence-electron chi connectivity index (χ0n) is 9.95. The summed E-state index contributed by atoms with van der Waals surface area (Å²) in [6.07, 6.45) is -0.919. The second-order valence-corrected chi connectivity index (χ2v) is 4.63. The molecule has 0 fully saturated rings. The minimum Gasteiger partial charge on any atom is -0.481 e. The summed E-state index contributed by atoms with van der Waals surface area (Å²) >= 11 is -0.638. The number of nitriles is 1. The number of hydrogen-bond donors (Lipinski definition) is 1. The fraction of sp³-hybridized carbons (Fsp3) is 0.273. The second kappa shape index (κ2) is 6.62. The Bertz CT molecular complexity index is 582. The molecule has 0 aliphatic carbocycles. The molecule has 10 heteroatoms. The van der Waals surface area contributed by atoms with Gasteiger partial charge in [0.1, 0.15) is 11.8 Å². The van der Waals surface area contributed by atoms with Gasteiger partial charge in [0, 0.05) is 10.5 Å². The number of carboxylic acids is 1. The van der Waals surface area contributed by atoms with E-state index in [2.05, 4.69) is 4.74 Å². The van der Waals surface area contributed by atoms with E-state index in [1.807, 2.05) is 0 Å². The Balaban J connectivity index is 3.38. The lowest BCUT2D eigenvalue weighted by atomic mass is 10.0. The van der Waals surface area contributed by atoms with Gasteiger partial charge in [-0.3, -0.25) is 4.79 Å². The van der Waals surface area contributed by atoms with Gasteiger partial charge in [-0.1, -0.05) is 0 Å². The number of hydrogen-bond acceptors (Lipinski definition) is 4. The number of aliphatic carboxylic acids is 1. The third kappa shape index (κ3) is 5.11. The Labute approximate surface area is 119 Å². The summed E-state index contributed by atoms with van der Waals surface area (Å²) in [5.74, 6) is -2.14. The smallest absolute Gasteiger partial charge is 0.446 e. The van der Waals surface area contributed by atoms with Crippen molar-refractivity contribution in [3.63, 3.8) is 0 Å². The van der Waals surface area contributed by atoms with Crippen LogP contribution in [0, 0.1) is 11.3 Å². The zero-order chi connectivity index (χ0) is 16.2. The van der Waals surface area contributed by atoms with Gasteiger partial charge in [-0.15, -0.1) is 0 Å². The summed E-state index contributed by atoms with van der Waals surface area (Å²) in [6.45, 7) is -3.30. The topological polar surface area (TPSA) is 70.3 Å². The number of rotatable bonds is 5. The summed E-state index contributed by atoms with van der Waals surface area (Å²) in [5.41, 5.74) is -5.89. The van der Waals surface area contributed by atoms with Crippen molar-refractivity contribution in [1.29, 1.82) is 5.26 Å². The van der Waals surface area contributed by atoms with E-state index in [1.165, 1.54) is 6.07 Å². The molecule has 4 nitrogen and oxygen atoms in total. The average molecular weight is 327 g/mol. The van der Waals surface area contributed by atoms with E-state index in [4.69, 9.17) is 10.4 Å². The molecule has 21 heavy (non-hydrogen) atoms. The van der Waals surface area contributed by atoms with Gasteiger partial charge >= 0.3 is 18.1 Å². The SMILES string of the molecule is N#Cc1c(SC(F)(F)F)ccc(OC(F)F)c1CC(=O)O. The molecule has 114 valence electrons. The van der Waals surface area contributed by atoms with E-state index < -0.39 is 58.0 Å². The Kier molecular flexibility index (Phi) is 5.37. The molecular formula is C11H6F5NO3S. The first-order valence-corrected chi connectivity index (χ1v) is 5.94. The lowest BCUT2D eigenvalue weighted by Gasteiger charge is -2.14. The fourth-order valence-electron chi connectivity index (χ4n) is 1.47. The van der Waals surface area contributed by atoms with Crippen LogP contribution >= 0.6 is 11.8 Å². The van der Waals surface area contributed by atoms with Crippen molar-refractivity contribution in [2.24, 2.45) is 0 Å². The van der Waals surface area contributed by atoms with Crippen LogP contribution in [0.2, 0.25) is 0 Å². The Morgan fingerprint density at radius 2 is 2.05 bits per heavy atom. The van der Waals surface area contributed by atoms with Gasteiger partial charge in [-0.25, -0.2) is 0 Å². The van der Waals surface area contributed by atoms with Gasteiger partial charge < -0.3 is 9.84 Å². The molecule has 1 aromatic rings. The summed E-state index contributed by atoms with van der Waals surface area (Å²) in [6, 6.07) is 2.95. The first kappa shape index (κ1) is 17.0. The van der Waals surface area contributed by atoms with E-state index in [9.17, 15) is 26.7 Å². The lowest BCUT2D eigenvalue weighted by Crippen LogP contribution is -2.10. The molecule has 0 aliphatic rings. The highest BCUT2D eigenvalue weighted by atomic mass is 32.2. The van der Waals surface area contributed by atoms with Gasteiger partial charge in [0.05, 0.1) is 12.0 Å². The molecule has 0 bridgehead atoms. The van der Waals surface area contributed by atoms with Crippen LogP contribution in [0.15, 0.2) is 17.0 Å². The molecule has 0 amide bonds. The van der Waals surface area contributed by atoms with Gasteiger partial charge in [-0.2, -0.15) is 27.2 Å². The quantitative estimate of drug-likeness (QED) is 0.663. The predicted octanol–water partition coefficient (Wildman–Crippen LogP) is 3.40. The van der Waals surface area contributed by atoms with Gasteiger partial charge in [0.15, 0.2) is 0 Å². The highest BCUT2D eigenvalue weighted by Crippen LogP contribution is 2.41. The Morgan fingerprint density at radius 1 is 1.43 bits per heavy atom. The fourth-order valence-corrected chi connectivity index (χ4v) is 2.13. The normalized spacial score (nSPS) is 11.3. The van der Waals surface area contributed by atoms with E-state index >= 15 is 0 Å². The number of thioether (sulfide) groups is 1. The molecule has 0 saturated heterocycles. The molecule has 0 aliphatic heterocycles. The predicted molar refractivity (Wildman–Crippen MR) is 61.0 cm³/mol. The maximum absolute atomic E-state index is 12.3. The Morgan fingerprint density at radius 3 is 2.48 bits per heavy atom. The van der Waals surface area contributed by atoms with E-state index in [0.29, 0.717) is 0 Å². The standard InChI is InChI=1S/C11H6F5NO3S/c12-10(13)20-7-1-2-8(21-11(14,15)16)6(4-17)5(7)3-9(18)19/h1-2,10H,3H2,(H,18,19). The van der Waals surface area contributed by atoms with Crippen LogP contribution in [-0.2, 0) is 11.2 Å². The van der Waals surface area contributed by atoms with Crippen LogP contribution < -0.4 is 4.74 Å². The average Bonchev–Trinajstić information content (AvgIpc) is 2.29. The van der Waals surface area contributed by atoms with E-state index in [0.717, 1.165) is 12.1 Å². The summed E-state index contributed by atoms with van der Waals surface area (Å²) < 4.78 is 65.5. The van der Waals surface area contributed by atoms with Crippen molar-refractivity contribution < 1.29 is 36.6 Å². The number of halogens is 5. The van der Waals surface area contributed by atoms with Crippen molar-refractivity contribution in [3.8, 4) is 11.8 Å². The van der Waals surface area contributed by atoms with Crippen LogP contribution in [-0.4, -0.2) is 23.2 Å². The number of carbonyl (C=O) groups is 1.